The van der Waals surface area contributed by atoms with Crippen molar-refractivity contribution >= 4 is 11.9 Å². The predicted octanol–water partition coefficient (Wildman–Crippen LogP) is 4.35. The molecule has 0 atom stereocenters. The maximum absolute atomic E-state index is 11.6. The molecule has 0 saturated carbocycles. The van der Waals surface area contributed by atoms with Gasteiger partial charge in [-0.3, -0.25) is 0 Å². The molecule has 6 nitrogen and oxygen atoms in total. The van der Waals surface area contributed by atoms with Crippen LogP contribution in [0.1, 0.15) is 13.8 Å². The van der Waals surface area contributed by atoms with Crippen molar-refractivity contribution in [1.82, 2.24) is 0 Å². The highest BCUT2D eigenvalue weighted by Gasteiger charge is 2.41. The number of benzene rings is 2. The van der Waals surface area contributed by atoms with Crippen LogP contribution in [0.25, 0.3) is 11.1 Å². The third-order valence-corrected chi connectivity index (χ3v) is 4.82. The Labute approximate surface area is 182 Å². The van der Waals surface area contributed by atoms with E-state index in [0.29, 0.717) is 42.5 Å². The minimum Gasteiger partial charge on any atom is -0.493 e. The molecule has 1 heterocycles. The minimum atomic E-state index is -0.446. The largest absolute Gasteiger partial charge is 0.493 e. The molecule has 0 radical (unpaired) electrons. The second-order valence-corrected chi connectivity index (χ2v) is 7.86. The second kappa shape index (κ2) is 9.62. The third kappa shape index (κ3) is 5.83. The molecule has 0 amide bonds. The maximum Gasteiger partial charge on any atom is 0.338 e. The summed E-state index contributed by atoms with van der Waals surface area (Å²) in [5, 5.41) is 0. The van der Waals surface area contributed by atoms with E-state index in [-0.39, 0.29) is 12.0 Å². The number of rotatable bonds is 9. The molecule has 0 unspecified atom stereocenters. The fourth-order valence-corrected chi connectivity index (χ4v) is 2.83. The van der Waals surface area contributed by atoms with Gasteiger partial charge in [0.05, 0.1) is 18.6 Å². The summed E-state index contributed by atoms with van der Waals surface area (Å²) in [6, 6.07) is 14.9. The van der Waals surface area contributed by atoms with Crippen molar-refractivity contribution in [1.29, 1.82) is 0 Å². The molecule has 0 N–H and O–H groups in total. The Balaban J connectivity index is 1.56. The highest BCUT2D eigenvalue weighted by molar-refractivity contribution is 5.88. The summed E-state index contributed by atoms with van der Waals surface area (Å²) in [7, 11) is 0. The average molecular weight is 422 g/mol. The topological polar surface area (TPSA) is 71.1 Å². The molecule has 31 heavy (non-hydrogen) atoms. The van der Waals surface area contributed by atoms with Gasteiger partial charge < -0.3 is 18.9 Å². The molecule has 1 aliphatic rings. The van der Waals surface area contributed by atoms with E-state index in [1.807, 2.05) is 36.4 Å². The fourth-order valence-electron chi connectivity index (χ4n) is 2.83. The molecule has 3 rings (SSSR count). The first kappa shape index (κ1) is 22.3. The molecule has 0 aromatic heterocycles. The lowest BCUT2D eigenvalue weighted by atomic mass is 9.88. The summed E-state index contributed by atoms with van der Waals surface area (Å²) in [6.07, 6.45) is 0. The first-order valence-electron chi connectivity index (χ1n) is 9.89. The van der Waals surface area contributed by atoms with Gasteiger partial charge in [-0.15, -0.1) is 0 Å². The van der Waals surface area contributed by atoms with Gasteiger partial charge in [-0.05, 0) is 49.2 Å². The average Bonchev–Trinajstić information content (AvgIpc) is 2.73. The molecule has 0 bridgehead atoms. The van der Waals surface area contributed by atoms with E-state index in [0.717, 1.165) is 11.1 Å². The van der Waals surface area contributed by atoms with E-state index in [2.05, 4.69) is 13.2 Å². The van der Waals surface area contributed by atoms with Crippen molar-refractivity contribution in [3.8, 4) is 22.6 Å². The van der Waals surface area contributed by atoms with Gasteiger partial charge in [0.25, 0.3) is 0 Å². The highest BCUT2D eigenvalue weighted by Crippen LogP contribution is 2.30. The molecule has 2 aromatic rings. The van der Waals surface area contributed by atoms with E-state index in [1.165, 1.54) is 0 Å². The van der Waals surface area contributed by atoms with Crippen LogP contribution < -0.4 is 9.47 Å². The number of carbonyl (C=O) groups excluding carboxylic acids is 2. The minimum absolute atomic E-state index is 0.235. The van der Waals surface area contributed by atoms with Crippen LogP contribution >= 0.6 is 0 Å². The van der Waals surface area contributed by atoms with Crippen LogP contribution in [-0.2, 0) is 19.1 Å². The van der Waals surface area contributed by atoms with E-state index in [9.17, 15) is 9.59 Å². The van der Waals surface area contributed by atoms with Gasteiger partial charge >= 0.3 is 11.9 Å². The summed E-state index contributed by atoms with van der Waals surface area (Å²) in [6.45, 7) is 12.0. The first-order valence-corrected chi connectivity index (χ1v) is 9.89. The molecule has 0 aliphatic carbocycles. The van der Waals surface area contributed by atoms with Gasteiger partial charge in [-0.1, -0.05) is 37.4 Å². The molecular weight excluding hydrogens is 396 g/mol. The smallest absolute Gasteiger partial charge is 0.338 e. The molecule has 162 valence electrons. The van der Waals surface area contributed by atoms with Crippen LogP contribution in [0.4, 0.5) is 0 Å². The summed E-state index contributed by atoms with van der Waals surface area (Å²) in [4.78, 5) is 23.2. The Kier molecular flexibility index (Phi) is 6.92. The van der Waals surface area contributed by atoms with Gasteiger partial charge in [-0.2, -0.15) is 0 Å². The zero-order chi connectivity index (χ0) is 22.4. The summed E-state index contributed by atoms with van der Waals surface area (Å²) < 4.78 is 21.7. The normalized spacial score (nSPS) is 14.1. The quantitative estimate of drug-likeness (QED) is 0.340. The van der Waals surface area contributed by atoms with Gasteiger partial charge in [-0.25, -0.2) is 9.59 Å². The van der Waals surface area contributed by atoms with Crippen LogP contribution in [0.3, 0.4) is 0 Å². The Hall–Kier alpha value is -3.38. The molecule has 2 aromatic carbocycles. The van der Waals surface area contributed by atoms with Crippen molar-refractivity contribution < 1.29 is 28.5 Å². The van der Waals surface area contributed by atoms with Crippen molar-refractivity contribution in [2.75, 3.05) is 26.4 Å². The zero-order valence-electron chi connectivity index (χ0n) is 17.8. The lowest BCUT2D eigenvalue weighted by molar-refractivity contribution is -0.174. The van der Waals surface area contributed by atoms with Gasteiger partial charge in [0.2, 0.25) is 0 Å². The number of carbonyl (C=O) groups is 2. The summed E-state index contributed by atoms with van der Waals surface area (Å²) in [5.41, 5.74) is 2.37. The van der Waals surface area contributed by atoms with E-state index < -0.39 is 11.9 Å². The first-order chi connectivity index (χ1) is 14.8. The zero-order valence-corrected chi connectivity index (χ0v) is 17.8. The third-order valence-electron chi connectivity index (χ3n) is 4.82. The second-order valence-electron chi connectivity index (χ2n) is 7.86. The van der Waals surface area contributed by atoms with Crippen molar-refractivity contribution in [3.05, 3.63) is 72.8 Å². The molecule has 1 fully saturated rings. The monoisotopic (exact) mass is 422 g/mol. The maximum atomic E-state index is 11.6. The predicted molar refractivity (Wildman–Crippen MR) is 117 cm³/mol. The Bertz CT molecular complexity index is 968. The van der Waals surface area contributed by atoms with Crippen molar-refractivity contribution in [3.63, 3.8) is 0 Å². The summed E-state index contributed by atoms with van der Waals surface area (Å²) >= 11 is 0. The van der Waals surface area contributed by atoms with Gasteiger partial charge in [0, 0.05) is 11.1 Å². The molecule has 6 heteroatoms. The Morgan fingerprint density at radius 2 is 1.35 bits per heavy atom. The van der Waals surface area contributed by atoms with E-state index in [1.54, 1.807) is 26.0 Å². The fraction of sp³-hybridized carbons (Fsp3) is 0.280. The molecule has 1 aliphatic heterocycles. The van der Waals surface area contributed by atoms with Gasteiger partial charge in [0.15, 0.2) is 0 Å². The van der Waals surface area contributed by atoms with Crippen molar-refractivity contribution in [2.24, 2.45) is 5.41 Å². The van der Waals surface area contributed by atoms with Crippen LogP contribution in [0, 0.1) is 5.41 Å². The van der Waals surface area contributed by atoms with Crippen molar-refractivity contribution in [2.45, 2.75) is 13.8 Å². The number of esters is 2. The summed E-state index contributed by atoms with van der Waals surface area (Å²) in [5.74, 6) is 0.333. The standard InChI is InChI=1S/C25H26O6/c1-17(2)23(26)30-16-25(13-28-14-25)15-29-21-9-5-19(6-10-21)20-7-11-22(12-8-20)31-24(27)18(3)4/h5-12H,1,3,13-16H2,2,4H3. The van der Waals surface area contributed by atoms with Gasteiger partial charge in [0.1, 0.15) is 24.7 Å². The molecule has 0 spiro atoms. The van der Waals surface area contributed by atoms with E-state index >= 15 is 0 Å². The van der Waals surface area contributed by atoms with E-state index in [4.69, 9.17) is 18.9 Å². The lowest BCUT2D eigenvalue weighted by Gasteiger charge is -2.40. The van der Waals surface area contributed by atoms with Crippen LogP contribution in [0.15, 0.2) is 72.8 Å². The van der Waals surface area contributed by atoms with Crippen LogP contribution in [-0.4, -0.2) is 38.4 Å². The lowest BCUT2D eigenvalue weighted by Crippen LogP contribution is -2.51. The molecule has 1 saturated heterocycles. The SMILES string of the molecule is C=C(C)C(=O)OCC1(COc2ccc(-c3ccc(OC(=O)C(=C)C)cc3)cc2)COC1. The van der Waals surface area contributed by atoms with Crippen LogP contribution in [0.5, 0.6) is 11.5 Å². The number of hydrogen-bond donors (Lipinski definition) is 0. The number of hydrogen-bond acceptors (Lipinski definition) is 6. The Morgan fingerprint density at radius 1 is 0.839 bits per heavy atom. The molecular formula is C25H26O6. The highest BCUT2D eigenvalue weighted by atomic mass is 16.6. The number of ether oxygens (including phenoxy) is 4. The Morgan fingerprint density at radius 3 is 1.81 bits per heavy atom. The van der Waals surface area contributed by atoms with Crippen LogP contribution in [0.2, 0.25) is 0 Å².